The Balaban J connectivity index is 2.42. The molecule has 0 saturated heterocycles. The van der Waals surface area contributed by atoms with E-state index in [-0.39, 0.29) is 5.41 Å². The maximum atomic E-state index is 11.8. The van der Waals surface area contributed by atoms with E-state index in [1.807, 2.05) is 6.08 Å². The van der Waals surface area contributed by atoms with E-state index in [9.17, 15) is 4.79 Å². The van der Waals surface area contributed by atoms with E-state index in [1.165, 1.54) is 18.4 Å². The zero-order valence-electron chi connectivity index (χ0n) is 8.34. The Morgan fingerprint density at radius 1 is 1.54 bits per heavy atom. The quantitative estimate of drug-likeness (QED) is 0.554. The Labute approximate surface area is 79.5 Å². The van der Waals surface area contributed by atoms with Gasteiger partial charge in [-0.05, 0) is 31.8 Å². The third-order valence-corrected chi connectivity index (χ3v) is 3.55. The molecule has 1 heteroatoms. The summed E-state index contributed by atoms with van der Waals surface area (Å²) in [6.45, 7) is 4.33. The Bertz CT molecular complexity index is 298. The van der Waals surface area contributed by atoms with Crippen LogP contribution in [0.15, 0.2) is 23.8 Å². The lowest BCUT2D eigenvalue weighted by molar-refractivity contribution is -0.122. The third-order valence-electron chi connectivity index (χ3n) is 3.55. The summed E-state index contributed by atoms with van der Waals surface area (Å²) in [5.74, 6) is 0.893. The van der Waals surface area contributed by atoms with Gasteiger partial charge in [0, 0.05) is 0 Å². The minimum atomic E-state index is -0.160. The fourth-order valence-corrected chi connectivity index (χ4v) is 2.64. The molecule has 70 valence electrons. The molecule has 13 heavy (non-hydrogen) atoms. The summed E-state index contributed by atoms with van der Waals surface area (Å²) >= 11 is 0. The first-order valence-corrected chi connectivity index (χ1v) is 5.08. The first kappa shape index (κ1) is 8.74. The number of allylic oxidation sites excluding steroid dienone is 4. The van der Waals surface area contributed by atoms with Gasteiger partial charge in [0.1, 0.15) is 0 Å². The van der Waals surface area contributed by atoms with Gasteiger partial charge in [-0.15, -0.1) is 0 Å². The van der Waals surface area contributed by atoms with Crippen molar-refractivity contribution in [2.24, 2.45) is 11.3 Å². The average molecular weight is 176 g/mol. The molecular weight excluding hydrogens is 160 g/mol. The van der Waals surface area contributed by atoms with Gasteiger partial charge < -0.3 is 0 Å². The van der Waals surface area contributed by atoms with Crippen molar-refractivity contribution < 1.29 is 4.79 Å². The number of carbonyl (C=O) groups is 1. The Morgan fingerprint density at radius 3 is 3.00 bits per heavy atom. The maximum Gasteiger partial charge on any atom is 0.165 e. The van der Waals surface area contributed by atoms with Crippen LogP contribution in [0.25, 0.3) is 0 Å². The molecule has 0 unspecified atom stereocenters. The van der Waals surface area contributed by atoms with Gasteiger partial charge in [-0.3, -0.25) is 4.79 Å². The van der Waals surface area contributed by atoms with Crippen LogP contribution in [0.2, 0.25) is 0 Å². The molecule has 0 N–H and O–H groups in total. The van der Waals surface area contributed by atoms with Gasteiger partial charge in [0.2, 0.25) is 0 Å². The minimum Gasteiger partial charge on any atom is -0.294 e. The SMILES string of the molecule is C[C@H]1CCC[C@@]2(C)C(=O)C=CC=C12. The third kappa shape index (κ3) is 1.18. The highest BCUT2D eigenvalue weighted by Crippen LogP contribution is 2.45. The monoisotopic (exact) mass is 176 g/mol. The van der Waals surface area contributed by atoms with E-state index in [2.05, 4.69) is 19.9 Å². The molecule has 1 nitrogen and oxygen atoms in total. The van der Waals surface area contributed by atoms with Crippen molar-refractivity contribution in [2.75, 3.05) is 0 Å². The summed E-state index contributed by atoms with van der Waals surface area (Å²) in [6.07, 6.45) is 9.23. The van der Waals surface area contributed by atoms with E-state index < -0.39 is 0 Å². The van der Waals surface area contributed by atoms with E-state index in [0.29, 0.717) is 11.7 Å². The summed E-state index contributed by atoms with van der Waals surface area (Å²) in [6, 6.07) is 0. The Hall–Kier alpha value is -0.850. The standard InChI is InChI=1S/C12H16O/c1-9-5-4-8-12(2)10(9)6-3-7-11(12)13/h3,6-7,9H,4-5,8H2,1-2H3/t9-,12+/m0/s1. The molecule has 0 aliphatic heterocycles. The van der Waals surface area contributed by atoms with Crippen molar-refractivity contribution in [2.45, 2.75) is 33.1 Å². The summed E-state index contributed by atoms with van der Waals surface area (Å²) in [5, 5.41) is 0. The van der Waals surface area contributed by atoms with Gasteiger partial charge in [0.25, 0.3) is 0 Å². The maximum absolute atomic E-state index is 11.8. The van der Waals surface area contributed by atoms with Crippen molar-refractivity contribution in [1.82, 2.24) is 0 Å². The zero-order chi connectivity index (χ0) is 9.47. The largest absolute Gasteiger partial charge is 0.294 e. The van der Waals surface area contributed by atoms with Crippen LogP contribution >= 0.6 is 0 Å². The fraction of sp³-hybridized carbons (Fsp3) is 0.583. The summed E-state index contributed by atoms with van der Waals surface area (Å²) < 4.78 is 0. The highest BCUT2D eigenvalue weighted by molar-refractivity contribution is 5.98. The Kier molecular flexibility index (Phi) is 1.90. The van der Waals surface area contributed by atoms with Gasteiger partial charge >= 0.3 is 0 Å². The van der Waals surface area contributed by atoms with Crippen LogP contribution in [0.4, 0.5) is 0 Å². The summed E-state index contributed by atoms with van der Waals surface area (Å²) in [4.78, 5) is 11.8. The number of fused-ring (bicyclic) bond motifs is 1. The smallest absolute Gasteiger partial charge is 0.165 e. The minimum absolute atomic E-state index is 0.160. The van der Waals surface area contributed by atoms with Crippen molar-refractivity contribution in [3.05, 3.63) is 23.8 Å². The molecule has 2 atom stereocenters. The normalized spacial score (nSPS) is 38.5. The topological polar surface area (TPSA) is 17.1 Å². The van der Waals surface area contributed by atoms with Crippen molar-refractivity contribution >= 4 is 5.78 Å². The van der Waals surface area contributed by atoms with Gasteiger partial charge in [-0.25, -0.2) is 0 Å². The van der Waals surface area contributed by atoms with Crippen LogP contribution in [-0.2, 0) is 4.79 Å². The van der Waals surface area contributed by atoms with Gasteiger partial charge in [-0.1, -0.05) is 31.1 Å². The van der Waals surface area contributed by atoms with Crippen molar-refractivity contribution in [1.29, 1.82) is 0 Å². The first-order chi connectivity index (χ1) is 6.14. The lowest BCUT2D eigenvalue weighted by Crippen LogP contribution is -2.36. The second-order valence-corrected chi connectivity index (χ2v) is 4.47. The number of rotatable bonds is 0. The van der Waals surface area contributed by atoms with Gasteiger partial charge in [-0.2, -0.15) is 0 Å². The van der Waals surface area contributed by atoms with Crippen LogP contribution in [0, 0.1) is 11.3 Å². The average Bonchev–Trinajstić information content (AvgIpc) is 2.08. The molecule has 0 radical (unpaired) electrons. The molecule has 1 fully saturated rings. The molecule has 0 heterocycles. The first-order valence-electron chi connectivity index (χ1n) is 5.08. The molecule has 0 aromatic heterocycles. The lowest BCUT2D eigenvalue weighted by atomic mass is 9.63. The van der Waals surface area contributed by atoms with E-state index in [1.54, 1.807) is 6.08 Å². The van der Waals surface area contributed by atoms with Crippen molar-refractivity contribution in [3.63, 3.8) is 0 Å². The highest BCUT2D eigenvalue weighted by atomic mass is 16.1. The van der Waals surface area contributed by atoms with Crippen LogP contribution in [0.5, 0.6) is 0 Å². The molecule has 0 aromatic rings. The second-order valence-electron chi connectivity index (χ2n) is 4.47. The lowest BCUT2D eigenvalue weighted by Gasteiger charge is -2.39. The summed E-state index contributed by atoms with van der Waals surface area (Å²) in [5.41, 5.74) is 1.19. The second kappa shape index (κ2) is 2.83. The van der Waals surface area contributed by atoms with Crippen LogP contribution in [0.3, 0.4) is 0 Å². The molecule has 2 aliphatic carbocycles. The zero-order valence-corrected chi connectivity index (χ0v) is 8.34. The van der Waals surface area contributed by atoms with E-state index >= 15 is 0 Å². The molecular formula is C12H16O. The Morgan fingerprint density at radius 2 is 2.31 bits per heavy atom. The number of hydrogen-bond acceptors (Lipinski definition) is 1. The molecule has 0 amide bonds. The molecule has 1 saturated carbocycles. The number of carbonyl (C=O) groups excluding carboxylic acids is 1. The molecule has 0 bridgehead atoms. The van der Waals surface area contributed by atoms with Crippen LogP contribution < -0.4 is 0 Å². The molecule has 0 spiro atoms. The molecule has 2 aliphatic rings. The fourth-order valence-electron chi connectivity index (χ4n) is 2.64. The number of hydrogen-bond donors (Lipinski definition) is 0. The van der Waals surface area contributed by atoms with Gasteiger partial charge in [0.15, 0.2) is 5.78 Å². The van der Waals surface area contributed by atoms with Crippen LogP contribution in [0.1, 0.15) is 33.1 Å². The van der Waals surface area contributed by atoms with Crippen LogP contribution in [-0.4, -0.2) is 5.78 Å². The highest BCUT2D eigenvalue weighted by Gasteiger charge is 2.40. The predicted octanol–water partition coefficient (Wildman–Crippen LogP) is 2.88. The summed E-state index contributed by atoms with van der Waals surface area (Å²) in [7, 11) is 0. The van der Waals surface area contributed by atoms with Crippen molar-refractivity contribution in [3.8, 4) is 0 Å². The number of ketones is 1. The van der Waals surface area contributed by atoms with E-state index in [4.69, 9.17) is 0 Å². The molecule has 2 rings (SSSR count). The predicted molar refractivity (Wildman–Crippen MR) is 53.4 cm³/mol. The molecule has 0 aromatic carbocycles. The van der Waals surface area contributed by atoms with Gasteiger partial charge in [0.05, 0.1) is 5.41 Å². The van der Waals surface area contributed by atoms with E-state index in [0.717, 1.165) is 6.42 Å².